The molecule has 48 heavy (non-hydrogen) atoms. The molecule has 0 spiro atoms. The second-order valence-corrected chi connectivity index (χ2v) is 13.4. The molecule has 0 aliphatic carbocycles. The minimum absolute atomic E-state index is 0.123. The van der Waals surface area contributed by atoms with Crippen molar-refractivity contribution in [2.75, 3.05) is 39.0 Å². The Labute approximate surface area is 280 Å². The number of carbonyl (C=O) groups is 1. The van der Waals surface area contributed by atoms with Crippen LogP contribution in [0.4, 0.5) is 10.2 Å². The zero-order valence-electron chi connectivity index (χ0n) is 28.1. The molecule has 2 saturated heterocycles. The molecule has 1 unspecified atom stereocenters. The highest BCUT2D eigenvalue weighted by Crippen LogP contribution is 2.36. The fourth-order valence-corrected chi connectivity index (χ4v) is 6.79. The van der Waals surface area contributed by atoms with Crippen molar-refractivity contribution in [2.45, 2.75) is 64.2 Å². The van der Waals surface area contributed by atoms with Gasteiger partial charge in [-0.25, -0.2) is 19.0 Å². The van der Waals surface area contributed by atoms with E-state index in [2.05, 4.69) is 60.6 Å². The molecule has 2 fully saturated rings. The van der Waals surface area contributed by atoms with E-state index in [1.165, 1.54) is 12.4 Å². The molecule has 11 nitrogen and oxygen atoms in total. The van der Waals surface area contributed by atoms with Gasteiger partial charge in [-0.05, 0) is 77.9 Å². The van der Waals surface area contributed by atoms with Crippen LogP contribution >= 0.6 is 0 Å². The minimum Gasteiger partial charge on any atom is -0.457 e. The maximum atomic E-state index is 15.7. The van der Waals surface area contributed by atoms with Gasteiger partial charge in [-0.3, -0.25) is 14.6 Å². The van der Waals surface area contributed by atoms with Crippen LogP contribution in [-0.4, -0.2) is 91.2 Å². The van der Waals surface area contributed by atoms with E-state index < -0.39 is 11.4 Å². The van der Waals surface area contributed by atoms with Crippen molar-refractivity contribution in [2.24, 2.45) is 0 Å². The van der Waals surface area contributed by atoms with E-state index in [0.717, 1.165) is 13.1 Å². The summed E-state index contributed by atoms with van der Waals surface area (Å²) >= 11 is 0. The fourth-order valence-electron chi connectivity index (χ4n) is 6.79. The number of aromatic nitrogens is 4. The van der Waals surface area contributed by atoms with Crippen LogP contribution in [0.25, 0.3) is 22.3 Å². The Hall–Kier alpha value is -4.86. The number of nitrogen functional groups attached to an aromatic ring is 1. The molecule has 0 saturated carbocycles. The Kier molecular flexibility index (Phi) is 9.18. The molecule has 4 heterocycles. The maximum absolute atomic E-state index is 15.7. The third-order valence-corrected chi connectivity index (χ3v) is 9.75. The van der Waals surface area contributed by atoms with Gasteiger partial charge in [-0.2, -0.15) is 10.4 Å². The van der Waals surface area contributed by atoms with Crippen molar-refractivity contribution in [3.8, 4) is 28.8 Å². The summed E-state index contributed by atoms with van der Waals surface area (Å²) in [5.41, 5.74) is 6.96. The quantitative estimate of drug-likeness (QED) is 0.206. The molecule has 0 radical (unpaired) electrons. The summed E-state index contributed by atoms with van der Waals surface area (Å²) in [6.07, 6.45) is 4.58. The van der Waals surface area contributed by atoms with Crippen LogP contribution in [0.15, 0.2) is 66.5 Å². The van der Waals surface area contributed by atoms with Gasteiger partial charge in [-0.15, -0.1) is 0 Å². The van der Waals surface area contributed by atoms with Gasteiger partial charge in [0.25, 0.3) is 5.91 Å². The van der Waals surface area contributed by atoms with Crippen LogP contribution in [0.2, 0.25) is 0 Å². The van der Waals surface area contributed by atoms with E-state index in [0.29, 0.717) is 66.2 Å². The summed E-state index contributed by atoms with van der Waals surface area (Å²) in [5, 5.41) is 15.4. The van der Waals surface area contributed by atoms with Gasteiger partial charge in [0.2, 0.25) is 0 Å². The van der Waals surface area contributed by atoms with Crippen molar-refractivity contribution >= 4 is 22.8 Å². The van der Waals surface area contributed by atoms with Gasteiger partial charge in [0.05, 0.1) is 11.4 Å². The molecule has 0 bridgehead atoms. The van der Waals surface area contributed by atoms with Gasteiger partial charge in [0.15, 0.2) is 5.65 Å². The molecular weight excluding hydrogens is 609 g/mol. The number of hydrogen-bond acceptors (Lipinski definition) is 9. The number of rotatable bonds is 7. The van der Waals surface area contributed by atoms with E-state index in [1.807, 2.05) is 24.3 Å². The second kappa shape index (κ2) is 13.3. The molecular formula is C36H42FN9O2. The molecule has 250 valence electrons. The Balaban J connectivity index is 1.27. The zero-order valence-corrected chi connectivity index (χ0v) is 28.1. The van der Waals surface area contributed by atoms with Crippen LogP contribution in [0.3, 0.4) is 0 Å². The number of amides is 1. The molecule has 6 rings (SSSR count). The summed E-state index contributed by atoms with van der Waals surface area (Å²) in [6, 6.07) is 16.4. The fraction of sp³-hybridized carbons (Fsp3) is 0.417. The first-order valence-corrected chi connectivity index (χ1v) is 16.4. The van der Waals surface area contributed by atoms with Crippen LogP contribution in [0.5, 0.6) is 11.5 Å². The number of halogens is 1. The first-order valence-electron chi connectivity index (χ1n) is 16.4. The van der Waals surface area contributed by atoms with E-state index in [4.69, 9.17) is 15.6 Å². The summed E-state index contributed by atoms with van der Waals surface area (Å²) < 4.78 is 23.2. The molecule has 2 aromatic heterocycles. The third-order valence-electron chi connectivity index (χ3n) is 9.75. The number of nitrogens with zero attached hydrogens (tertiary/aromatic N) is 8. The lowest BCUT2D eigenvalue weighted by Crippen LogP contribution is -2.60. The van der Waals surface area contributed by atoms with E-state index in [-0.39, 0.29) is 28.9 Å². The molecule has 3 atom stereocenters. The lowest BCUT2D eigenvalue weighted by molar-refractivity contribution is -0.128. The topological polar surface area (TPSA) is 129 Å². The first-order chi connectivity index (χ1) is 23.0. The van der Waals surface area contributed by atoms with Crippen LogP contribution in [-0.2, 0) is 4.79 Å². The van der Waals surface area contributed by atoms with Crippen molar-refractivity contribution in [1.82, 2.24) is 34.4 Å². The Morgan fingerprint density at radius 2 is 1.81 bits per heavy atom. The van der Waals surface area contributed by atoms with Gasteiger partial charge >= 0.3 is 0 Å². The standard InChI is InChI=1S/C36H42FN9O2/c1-23-19-45(20-24(2)43(23)5)36(3,4)17-25(18-38)35(47)44-15-9-10-26(21-44)46-34-31(33(39)40-22-41-34)32(42-46)29-14-13-28(16-30(29)37)48-27-11-7-6-8-12-27/h6-8,11-14,16-17,22-24,26H,9-10,15,19-21H2,1-5H3,(H2,39,40,41)/b25-17-/t23-,24?,26+/m0/s1. The summed E-state index contributed by atoms with van der Waals surface area (Å²) in [4.78, 5) is 28.9. The molecule has 2 aliphatic rings. The number of likely N-dealkylation sites (N-methyl/N-ethyl adjacent to an activating group) is 1. The summed E-state index contributed by atoms with van der Waals surface area (Å²) in [5.74, 6) is 0.275. The van der Waals surface area contributed by atoms with Crippen LogP contribution in [0.1, 0.15) is 46.6 Å². The Bertz CT molecular complexity index is 1870. The molecule has 2 aromatic carbocycles. The lowest BCUT2D eigenvalue weighted by Gasteiger charge is -2.48. The summed E-state index contributed by atoms with van der Waals surface area (Å²) in [6.45, 7) is 11.0. The number of carbonyl (C=O) groups excluding carboxylic acids is 1. The number of piperidine rings is 1. The second-order valence-electron chi connectivity index (χ2n) is 13.4. The number of ether oxygens (including phenoxy) is 1. The van der Waals surface area contributed by atoms with Gasteiger partial charge in [-0.1, -0.05) is 18.2 Å². The lowest BCUT2D eigenvalue weighted by atomic mass is 9.94. The van der Waals surface area contributed by atoms with E-state index in [1.54, 1.807) is 33.8 Å². The van der Waals surface area contributed by atoms with E-state index >= 15 is 4.39 Å². The average Bonchev–Trinajstić information content (AvgIpc) is 3.47. The molecule has 2 N–H and O–H groups in total. The number of hydrogen-bond donors (Lipinski definition) is 1. The zero-order chi connectivity index (χ0) is 34.2. The number of likely N-dealkylation sites (tertiary alicyclic amines) is 1. The minimum atomic E-state index is -0.533. The predicted octanol–water partition coefficient (Wildman–Crippen LogP) is 5.42. The van der Waals surface area contributed by atoms with Crippen molar-refractivity contribution < 1.29 is 13.9 Å². The monoisotopic (exact) mass is 651 g/mol. The summed E-state index contributed by atoms with van der Waals surface area (Å²) in [7, 11) is 2.13. The van der Waals surface area contributed by atoms with Crippen LogP contribution in [0, 0.1) is 17.1 Å². The van der Waals surface area contributed by atoms with Crippen molar-refractivity contribution in [3.63, 3.8) is 0 Å². The average molecular weight is 652 g/mol. The SMILES string of the molecule is CC1CN(C(C)(C)/C=C(/C#N)C(=O)N2CCC[C@@H](n3nc(-c4ccc(Oc5ccccc5)cc4F)c4c(N)ncnc43)C2)C[C@H](C)N1C. The molecule has 1 amide bonds. The number of nitrogens with two attached hydrogens (primary N) is 1. The highest BCUT2D eigenvalue weighted by molar-refractivity contribution is 5.99. The van der Waals surface area contributed by atoms with Crippen molar-refractivity contribution in [3.05, 3.63) is 72.3 Å². The third kappa shape index (κ3) is 6.48. The number of fused-ring (bicyclic) bond motifs is 1. The van der Waals surface area contributed by atoms with Gasteiger partial charge in [0, 0.05) is 55.4 Å². The Morgan fingerprint density at radius 1 is 1.08 bits per heavy atom. The number of benzene rings is 2. The van der Waals surface area contributed by atoms with Gasteiger partial charge < -0.3 is 15.4 Å². The molecule has 12 heteroatoms. The highest BCUT2D eigenvalue weighted by Gasteiger charge is 2.36. The van der Waals surface area contributed by atoms with Crippen molar-refractivity contribution in [1.29, 1.82) is 5.26 Å². The van der Waals surface area contributed by atoms with E-state index in [9.17, 15) is 10.1 Å². The number of piperazine rings is 1. The molecule has 4 aromatic rings. The number of para-hydroxylation sites is 1. The largest absolute Gasteiger partial charge is 0.457 e. The number of anilines is 1. The smallest absolute Gasteiger partial charge is 0.264 e. The van der Waals surface area contributed by atoms with Gasteiger partial charge in [0.1, 0.15) is 46.8 Å². The van der Waals surface area contributed by atoms with Crippen LogP contribution < -0.4 is 10.5 Å². The normalized spacial score (nSPS) is 21.3. The Morgan fingerprint density at radius 3 is 2.50 bits per heavy atom. The highest BCUT2D eigenvalue weighted by atomic mass is 19.1. The predicted molar refractivity (Wildman–Crippen MR) is 183 cm³/mol. The maximum Gasteiger partial charge on any atom is 0.264 e. The number of nitriles is 1. The molecule has 2 aliphatic heterocycles. The first kappa shape index (κ1) is 33.1.